The van der Waals surface area contributed by atoms with E-state index in [0.29, 0.717) is 0 Å². The number of nitrogens with zero attached hydrogens (tertiary/aromatic N) is 3. The van der Waals surface area contributed by atoms with E-state index in [1.807, 2.05) is 32.9 Å². The Morgan fingerprint density at radius 2 is 2.21 bits per heavy atom. The van der Waals surface area contributed by atoms with Gasteiger partial charge < -0.3 is 0 Å². The summed E-state index contributed by atoms with van der Waals surface area (Å²) in [7, 11) is 1.77. The average molecular weight is 257 g/mol. The Kier molecular flexibility index (Phi) is 3.42. The Morgan fingerprint density at radius 1 is 1.53 bits per heavy atom. The van der Waals surface area contributed by atoms with Gasteiger partial charge in [0.05, 0.1) is 17.4 Å². The first-order chi connectivity index (χ1) is 9.02. The van der Waals surface area contributed by atoms with E-state index in [1.54, 1.807) is 28.5 Å². The molecule has 4 heteroatoms. The smallest absolute Gasteiger partial charge is 0.293 e. The van der Waals surface area contributed by atoms with Crippen molar-refractivity contribution in [3.8, 4) is 0 Å². The zero-order valence-electron chi connectivity index (χ0n) is 11.8. The lowest BCUT2D eigenvalue weighted by molar-refractivity contribution is 0.824. The van der Waals surface area contributed by atoms with Gasteiger partial charge in [-0.3, -0.25) is 14.1 Å². The van der Waals surface area contributed by atoms with E-state index in [-0.39, 0.29) is 11.7 Å². The standard InChI is InChI=1S/C15H19N3O/c1-6-8-10(3)18-14-12(7-2)11(4)16-9-13(14)17(5)15(18)19/h6-9,11H,1H2,2-5H3. The minimum absolute atomic E-state index is 0.0551. The summed E-state index contributed by atoms with van der Waals surface area (Å²) in [5, 5.41) is 0. The molecule has 2 heterocycles. The Labute approximate surface area is 113 Å². The second-order valence-electron chi connectivity index (χ2n) is 4.65. The summed E-state index contributed by atoms with van der Waals surface area (Å²) in [6, 6.07) is 0.0714. The topological polar surface area (TPSA) is 39.3 Å². The predicted molar refractivity (Wildman–Crippen MR) is 80.5 cm³/mol. The molecule has 1 aromatic rings. The minimum atomic E-state index is -0.0551. The number of hydrogen-bond donors (Lipinski definition) is 0. The molecule has 0 aromatic carbocycles. The number of fused-ring (bicyclic) bond motifs is 1. The van der Waals surface area contributed by atoms with Crippen LogP contribution in [-0.4, -0.2) is 21.4 Å². The summed E-state index contributed by atoms with van der Waals surface area (Å²) in [4.78, 5) is 16.8. The molecule has 0 saturated heterocycles. The molecule has 0 saturated carbocycles. The third-order valence-electron chi connectivity index (χ3n) is 3.47. The lowest BCUT2D eigenvalue weighted by Crippen LogP contribution is -2.22. The maximum absolute atomic E-state index is 12.4. The second kappa shape index (κ2) is 4.88. The van der Waals surface area contributed by atoms with Crippen molar-refractivity contribution in [2.24, 2.45) is 12.0 Å². The SMILES string of the molecule is C=CC=C(C)n1c2c(n(C)c1=O)C=NC(C)C2=CC. The largest absolute Gasteiger partial charge is 0.333 e. The van der Waals surface area contributed by atoms with Crippen LogP contribution in [0.5, 0.6) is 0 Å². The van der Waals surface area contributed by atoms with Gasteiger partial charge in [0.1, 0.15) is 0 Å². The summed E-state index contributed by atoms with van der Waals surface area (Å²) in [6.45, 7) is 9.61. The minimum Gasteiger partial charge on any atom is -0.293 e. The molecule has 0 N–H and O–H groups in total. The van der Waals surface area contributed by atoms with Crippen LogP contribution in [0.25, 0.3) is 11.3 Å². The number of hydrogen-bond acceptors (Lipinski definition) is 2. The zero-order chi connectivity index (χ0) is 14.2. The molecule has 0 spiro atoms. The van der Waals surface area contributed by atoms with E-state index in [4.69, 9.17) is 0 Å². The van der Waals surface area contributed by atoms with E-state index >= 15 is 0 Å². The molecule has 19 heavy (non-hydrogen) atoms. The van der Waals surface area contributed by atoms with Gasteiger partial charge in [-0.1, -0.05) is 18.7 Å². The molecule has 0 bridgehead atoms. The summed E-state index contributed by atoms with van der Waals surface area (Å²) >= 11 is 0. The summed E-state index contributed by atoms with van der Waals surface area (Å²) in [5.74, 6) is 0. The molecule has 0 amide bonds. The molecule has 100 valence electrons. The molecular formula is C15H19N3O. The van der Waals surface area contributed by atoms with Gasteiger partial charge in [0.25, 0.3) is 0 Å². The lowest BCUT2D eigenvalue weighted by Gasteiger charge is -2.19. The average Bonchev–Trinajstić information content (AvgIpc) is 2.62. The highest BCUT2D eigenvalue weighted by molar-refractivity contribution is 5.91. The van der Waals surface area contributed by atoms with E-state index < -0.39 is 0 Å². The van der Waals surface area contributed by atoms with Crippen molar-refractivity contribution in [2.75, 3.05) is 0 Å². The quantitative estimate of drug-likeness (QED) is 0.750. The maximum atomic E-state index is 12.4. The molecule has 1 aliphatic rings. The first kappa shape index (κ1) is 13.3. The summed E-state index contributed by atoms with van der Waals surface area (Å²) in [5.41, 5.74) is 3.67. The van der Waals surface area contributed by atoms with Crippen molar-refractivity contribution < 1.29 is 0 Å². The van der Waals surface area contributed by atoms with Crippen LogP contribution in [0.4, 0.5) is 0 Å². The Morgan fingerprint density at radius 3 is 2.79 bits per heavy atom. The van der Waals surface area contributed by atoms with Gasteiger partial charge >= 0.3 is 5.69 Å². The van der Waals surface area contributed by atoms with E-state index in [1.165, 1.54) is 0 Å². The van der Waals surface area contributed by atoms with Gasteiger partial charge in [-0.25, -0.2) is 4.79 Å². The molecule has 1 atom stereocenters. The highest BCUT2D eigenvalue weighted by Gasteiger charge is 2.26. The fourth-order valence-electron chi connectivity index (χ4n) is 2.46. The van der Waals surface area contributed by atoms with Gasteiger partial charge in [0, 0.05) is 19.0 Å². The van der Waals surface area contributed by atoms with Crippen LogP contribution in [0.3, 0.4) is 0 Å². The zero-order valence-corrected chi connectivity index (χ0v) is 11.8. The van der Waals surface area contributed by atoms with Crippen molar-refractivity contribution in [1.29, 1.82) is 0 Å². The molecule has 1 unspecified atom stereocenters. The Bertz CT molecular complexity index is 668. The van der Waals surface area contributed by atoms with E-state index in [0.717, 1.165) is 22.7 Å². The third-order valence-corrected chi connectivity index (χ3v) is 3.47. The molecule has 2 rings (SSSR count). The molecule has 1 aromatic heterocycles. The maximum Gasteiger partial charge on any atom is 0.333 e. The number of rotatable bonds is 2. The third kappa shape index (κ3) is 1.93. The van der Waals surface area contributed by atoms with E-state index in [9.17, 15) is 4.79 Å². The normalized spacial score (nSPS) is 20.7. The number of aromatic nitrogens is 2. The Balaban J connectivity index is 2.85. The molecule has 1 aliphatic heterocycles. The summed E-state index contributed by atoms with van der Waals surface area (Å²) in [6.07, 6.45) is 7.34. The molecular weight excluding hydrogens is 238 g/mol. The fourth-order valence-corrected chi connectivity index (χ4v) is 2.46. The van der Waals surface area contributed by atoms with Gasteiger partial charge in [-0.05, 0) is 32.4 Å². The van der Waals surface area contributed by atoms with Crippen LogP contribution < -0.4 is 5.69 Å². The van der Waals surface area contributed by atoms with Crippen LogP contribution in [0.15, 0.2) is 34.6 Å². The number of aliphatic imine (C=N–C) groups is 1. The lowest BCUT2D eigenvalue weighted by atomic mass is 10.0. The van der Waals surface area contributed by atoms with Crippen LogP contribution in [-0.2, 0) is 7.05 Å². The first-order valence-corrected chi connectivity index (χ1v) is 6.34. The van der Waals surface area contributed by atoms with Crippen molar-refractivity contribution in [3.63, 3.8) is 0 Å². The van der Waals surface area contributed by atoms with Gasteiger partial charge in [0.15, 0.2) is 0 Å². The highest BCUT2D eigenvalue weighted by Crippen LogP contribution is 2.28. The van der Waals surface area contributed by atoms with Crippen molar-refractivity contribution in [2.45, 2.75) is 26.8 Å². The monoisotopic (exact) mass is 257 g/mol. The van der Waals surface area contributed by atoms with Crippen molar-refractivity contribution in [1.82, 2.24) is 9.13 Å². The predicted octanol–water partition coefficient (Wildman–Crippen LogP) is 2.46. The van der Waals surface area contributed by atoms with E-state index in [2.05, 4.69) is 11.6 Å². The first-order valence-electron chi connectivity index (χ1n) is 6.34. The van der Waals surface area contributed by atoms with Crippen LogP contribution in [0, 0.1) is 0 Å². The fraction of sp³-hybridized carbons (Fsp3) is 0.333. The van der Waals surface area contributed by atoms with Gasteiger partial charge in [-0.15, -0.1) is 0 Å². The van der Waals surface area contributed by atoms with Crippen LogP contribution in [0.1, 0.15) is 32.2 Å². The highest BCUT2D eigenvalue weighted by atomic mass is 16.1. The molecule has 0 fully saturated rings. The molecule has 4 nitrogen and oxygen atoms in total. The Hall–Kier alpha value is -2.10. The van der Waals surface area contributed by atoms with Crippen molar-refractivity contribution in [3.05, 3.63) is 46.7 Å². The summed E-state index contributed by atoms with van der Waals surface area (Å²) < 4.78 is 3.36. The number of imidazole rings is 1. The molecule has 0 aliphatic carbocycles. The number of allylic oxidation sites excluding steroid dienone is 4. The molecule has 0 radical (unpaired) electrons. The van der Waals surface area contributed by atoms with Gasteiger partial charge in [-0.2, -0.15) is 0 Å². The second-order valence-corrected chi connectivity index (χ2v) is 4.65. The van der Waals surface area contributed by atoms with Crippen LogP contribution in [0.2, 0.25) is 0 Å². The van der Waals surface area contributed by atoms with Crippen LogP contribution >= 0.6 is 0 Å². The van der Waals surface area contributed by atoms with Gasteiger partial charge in [0.2, 0.25) is 0 Å². The van der Waals surface area contributed by atoms with Crippen molar-refractivity contribution >= 4 is 17.5 Å².